The number of ketones is 2. The third kappa shape index (κ3) is 9.33. The van der Waals surface area contributed by atoms with Crippen LogP contribution in [0.3, 0.4) is 0 Å². The van der Waals surface area contributed by atoms with Crippen molar-refractivity contribution < 1.29 is 9.59 Å². The number of carbonyl (C=O) groups is 2. The number of nitrogens with two attached hydrogens (primary N) is 2. The van der Waals surface area contributed by atoms with Crippen molar-refractivity contribution in [2.45, 2.75) is 21.3 Å². The second-order valence-electron chi connectivity index (χ2n) is 7.16. The summed E-state index contributed by atoms with van der Waals surface area (Å²) < 4.78 is 0. The summed E-state index contributed by atoms with van der Waals surface area (Å²) in [4.78, 5) is 25.3. The lowest BCUT2D eigenvalue weighted by atomic mass is 10.1. The van der Waals surface area contributed by atoms with Gasteiger partial charge in [-0.1, -0.05) is 62.3 Å². The fourth-order valence-corrected chi connectivity index (χ4v) is 4.67. The van der Waals surface area contributed by atoms with Crippen LogP contribution in [0.25, 0.3) is 21.8 Å². The second kappa shape index (κ2) is 16.7. The summed E-state index contributed by atoms with van der Waals surface area (Å²) in [5, 5.41) is 12.5. The van der Waals surface area contributed by atoms with Crippen LogP contribution in [-0.4, -0.2) is 21.8 Å². The molecule has 0 amide bonds. The number of aromatic nitrogens is 2. The lowest BCUT2D eigenvalue weighted by Gasteiger charge is -1.99. The van der Waals surface area contributed by atoms with E-state index in [0.29, 0.717) is 15.5 Å². The lowest BCUT2D eigenvalue weighted by molar-refractivity contribution is 0.0896. The maximum Gasteiger partial charge on any atom is 0.180 e. The summed E-state index contributed by atoms with van der Waals surface area (Å²) in [5.41, 5.74) is 3.56. The summed E-state index contributed by atoms with van der Waals surface area (Å²) in [5.74, 6) is 7.68. The third-order valence-electron chi connectivity index (χ3n) is 4.79. The van der Waals surface area contributed by atoms with Gasteiger partial charge in [0.05, 0.1) is 27.6 Å². The Morgan fingerprint density at radius 2 is 1.37 bits per heavy atom. The van der Waals surface area contributed by atoms with Gasteiger partial charge in [0.25, 0.3) is 0 Å². The van der Waals surface area contributed by atoms with Gasteiger partial charge in [0.1, 0.15) is 0 Å². The molecule has 0 spiro atoms. The zero-order valence-corrected chi connectivity index (χ0v) is 22.0. The molecule has 0 fully saturated rings. The number of benzene rings is 2. The van der Waals surface area contributed by atoms with E-state index in [4.69, 9.17) is 23.2 Å². The number of nitrogens with zero attached hydrogens (tertiary/aromatic N) is 1. The van der Waals surface area contributed by atoms with E-state index in [0.717, 1.165) is 22.0 Å². The van der Waals surface area contributed by atoms with Crippen LogP contribution >= 0.6 is 45.9 Å². The minimum atomic E-state index is -0.180. The molecule has 5 aromatic rings. The predicted octanol–water partition coefficient (Wildman–Crippen LogP) is 8.41. The van der Waals surface area contributed by atoms with Gasteiger partial charge < -0.3 is 0 Å². The van der Waals surface area contributed by atoms with Crippen molar-refractivity contribution in [3.05, 3.63) is 110 Å². The average molecular weight is 590 g/mol. The van der Waals surface area contributed by atoms with Crippen LogP contribution in [0.2, 0.25) is 10.0 Å². The monoisotopic (exact) mass is 588 g/mol. The first-order chi connectivity index (χ1) is 17.5. The number of aromatic amines is 1. The standard InChI is InChI=1S/C13H9ClN2S.C13H9ClO2S.2CH4.H4N2/c14-10-5-3-9(4-6-10)11-8-12(16-15-11)13-2-1-7-17-13;14-10-5-3-9(4-6-10)11(15)8-12(16)13-2-1-7-17-13;;;1-2/h1-8H,(H,15,16);1-7H,8H2;2*1H4;1-2H2. The zero-order valence-electron chi connectivity index (χ0n) is 18.9. The number of thiophene rings is 2. The molecular formula is C28H30Cl2N4O2S2. The van der Waals surface area contributed by atoms with Crippen molar-refractivity contribution in [3.8, 4) is 21.8 Å². The van der Waals surface area contributed by atoms with Crippen LogP contribution in [0.15, 0.2) is 89.6 Å². The molecular weight excluding hydrogens is 559 g/mol. The van der Waals surface area contributed by atoms with E-state index in [2.05, 4.69) is 39.4 Å². The topological polar surface area (TPSA) is 115 Å². The maximum absolute atomic E-state index is 11.8. The Kier molecular flexibility index (Phi) is 14.4. The van der Waals surface area contributed by atoms with Gasteiger partial charge in [-0.05, 0) is 65.4 Å². The highest BCUT2D eigenvalue weighted by Gasteiger charge is 2.14. The number of rotatable bonds is 6. The molecule has 0 unspecified atom stereocenters. The molecule has 0 aliphatic carbocycles. The molecule has 3 aromatic heterocycles. The summed E-state index contributed by atoms with van der Waals surface area (Å²) in [6, 6.07) is 23.9. The number of carbonyl (C=O) groups excluding carboxylic acids is 2. The minimum absolute atomic E-state index is 0. The van der Waals surface area contributed by atoms with Crippen LogP contribution < -0.4 is 11.7 Å². The van der Waals surface area contributed by atoms with Gasteiger partial charge >= 0.3 is 0 Å². The molecule has 200 valence electrons. The van der Waals surface area contributed by atoms with Gasteiger partial charge in [-0.3, -0.25) is 26.4 Å². The Bertz CT molecular complexity index is 1370. The lowest BCUT2D eigenvalue weighted by Crippen LogP contribution is -2.07. The van der Waals surface area contributed by atoms with Crippen LogP contribution in [-0.2, 0) is 0 Å². The molecule has 0 radical (unpaired) electrons. The molecule has 6 nitrogen and oxygen atoms in total. The first-order valence-electron chi connectivity index (χ1n) is 10.5. The molecule has 10 heteroatoms. The average Bonchev–Trinajstić information content (AvgIpc) is 3.69. The number of H-pyrrole nitrogens is 1. The largest absolute Gasteiger partial charge is 0.294 e. The fraction of sp³-hybridized carbons (Fsp3) is 0.107. The Labute approximate surface area is 241 Å². The van der Waals surface area contributed by atoms with E-state index in [1.807, 2.05) is 35.7 Å². The van der Waals surface area contributed by atoms with Crippen molar-refractivity contribution >= 4 is 57.4 Å². The summed E-state index contributed by atoms with van der Waals surface area (Å²) in [7, 11) is 0. The molecule has 5 rings (SSSR count). The summed E-state index contributed by atoms with van der Waals surface area (Å²) in [6.45, 7) is 0. The van der Waals surface area contributed by atoms with Gasteiger partial charge in [0, 0.05) is 21.2 Å². The highest BCUT2D eigenvalue weighted by Crippen LogP contribution is 2.27. The van der Waals surface area contributed by atoms with Crippen molar-refractivity contribution in [2.75, 3.05) is 0 Å². The van der Waals surface area contributed by atoms with Crippen molar-refractivity contribution in [3.63, 3.8) is 0 Å². The molecule has 0 aliphatic rings. The molecule has 5 N–H and O–H groups in total. The molecule has 0 aliphatic heterocycles. The number of halogens is 2. The van der Waals surface area contributed by atoms with Crippen molar-refractivity contribution in [1.82, 2.24) is 10.2 Å². The Balaban J connectivity index is 0.000000340. The van der Waals surface area contributed by atoms with Crippen LogP contribution in [0, 0.1) is 0 Å². The second-order valence-corrected chi connectivity index (χ2v) is 9.93. The highest BCUT2D eigenvalue weighted by atomic mass is 35.5. The quantitative estimate of drug-likeness (QED) is 0.0796. The van der Waals surface area contributed by atoms with Crippen LogP contribution in [0.5, 0.6) is 0 Å². The molecule has 0 saturated carbocycles. The Hall–Kier alpha value is -3.11. The van der Waals surface area contributed by atoms with E-state index in [-0.39, 0.29) is 32.8 Å². The first kappa shape index (κ1) is 32.9. The number of Topliss-reactive ketones (excluding diaryl/α,β-unsaturated/α-hetero) is 2. The van der Waals surface area contributed by atoms with Gasteiger partial charge in [0.15, 0.2) is 11.6 Å². The van der Waals surface area contributed by atoms with Crippen LogP contribution in [0.4, 0.5) is 0 Å². The minimum Gasteiger partial charge on any atom is -0.294 e. The number of hydrazine groups is 1. The van der Waals surface area contributed by atoms with Gasteiger partial charge in [-0.2, -0.15) is 5.10 Å². The Morgan fingerprint density at radius 3 is 1.92 bits per heavy atom. The summed E-state index contributed by atoms with van der Waals surface area (Å²) >= 11 is 14.6. The van der Waals surface area contributed by atoms with Crippen molar-refractivity contribution in [1.29, 1.82) is 0 Å². The van der Waals surface area contributed by atoms with Gasteiger partial charge in [-0.25, -0.2) is 0 Å². The first-order valence-corrected chi connectivity index (χ1v) is 13.0. The predicted molar refractivity (Wildman–Crippen MR) is 163 cm³/mol. The fourth-order valence-electron chi connectivity index (χ4n) is 3.06. The molecule has 0 atom stereocenters. The molecule has 38 heavy (non-hydrogen) atoms. The summed E-state index contributed by atoms with van der Waals surface area (Å²) in [6.07, 6.45) is -0.0951. The van der Waals surface area contributed by atoms with Gasteiger partial charge in [0.2, 0.25) is 0 Å². The van der Waals surface area contributed by atoms with Gasteiger partial charge in [-0.15, -0.1) is 22.7 Å². The van der Waals surface area contributed by atoms with Crippen molar-refractivity contribution in [2.24, 2.45) is 11.7 Å². The normalized spacial score (nSPS) is 9.47. The van der Waals surface area contributed by atoms with E-state index in [1.54, 1.807) is 47.7 Å². The zero-order chi connectivity index (χ0) is 25.9. The van der Waals surface area contributed by atoms with E-state index >= 15 is 0 Å². The molecule has 0 saturated heterocycles. The number of hydrogen-bond donors (Lipinski definition) is 3. The maximum atomic E-state index is 11.8. The smallest absolute Gasteiger partial charge is 0.180 e. The van der Waals surface area contributed by atoms with E-state index in [1.165, 1.54) is 16.2 Å². The van der Waals surface area contributed by atoms with E-state index < -0.39 is 0 Å². The molecule has 0 bridgehead atoms. The highest BCUT2D eigenvalue weighted by molar-refractivity contribution is 7.13. The molecule has 3 heterocycles. The molecule has 2 aromatic carbocycles. The third-order valence-corrected chi connectivity index (χ3v) is 7.11. The van der Waals surface area contributed by atoms with E-state index in [9.17, 15) is 9.59 Å². The SMILES string of the molecule is C.C.Clc1ccc(-c2cc(-c3cccs3)[nH]n2)cc1.NN.O=C(CC(=O)c1cccs1)c1ccc(Cl)cc1. The Morgan fingerprint density at radius 1 is 0.789 bits per heavy atom. The van der Waals surface area contributed by atoms with Crippen LogP contribution in [0.1, 0.15) is 41.3 Å². The number of hydrogen-bond acceptors (Lipinski definition) is 7. The number of nitrogens with one attached hydrogen (secondary N) is 1.